The average Bonchev–Trinajstić information content (AvgIpc) is 2.89. The Hall–Kier alpha value is -2.61. The van der Waals surface area contributed by atoms with Crippen LogP contribution in [0.4, 0.5) is 4.79 Å². The van der Waals surface area contributed by atoms with Gasteiger partial charge in [-0.3, -0.25) is 4.79 Å². The van der Waals surface area contributed by atoms with Crippen LogP contribution in [0.1, 0.15) is 21.6 Å². The maximum Gasteiger partial charge on any atom is 0.335 e. The number of nitrogens with one attached hydrogen (secondary N) is 3. The number of carbonyl (C=O) groups is 2. The monoisotopic (exact) mass is 307 g/mol. The lowest BCUT2D eigenvalue weighted by Crippen LogP contribution is -2.34. The largest absolute Gasteiger partial charge is 0.478 e. The lowest BCUT2D eigenvalue weighted by Gasteiger charge is -2.07. The molecule has 0 saturated carbocycles. The molecule has 0 fully saturated rings. The van der Waals surface area contributed by atoms with Gasteiger partial charge in [-0.05, 0) is 17.7 Å². The molecule has 0 aliphatic heterocycles. The smallest absolute Gasteiger partial charge is 0.335 e. The van der Waals surface area contributed by atoms with Crippen LogP contribution < -0.4 is 15.5 Å². The Kier molecular flexibility index (Phi) is 4.72. The topological polar surface area (TPSA) is 111 Å². The number of amides is 2. The summed E-state index contributed by atoms with van der Waals surface area (Å²) >= 11 is 1.04. The van der Waals surface area contributed by atoms with Crippen LogP contribution in [-0.2, 0) is 13.1 Å². The van der Waals surface area contributed by atoms with Crippen molar-refractivity contribution in [2.45, 2.75) is 13.1 Å². The molecule has 0 saturated heterocycles. The Labute approximate surface area is 123 Å². The molecular weight excluding hydrogens is 294 g/mol. The zero-order valence-electron chi connectivity index (χ0n) is 10.9. The van der Waals surface area contributed by atoms with Gasteiger partial charge in [-0.1, -0.05) is 23.5 Å². The summed E-state index contributed by atoms with van der Waals surface area (Å²) in [4.78, 5) is 35.6. The second-order valence-electron chi connectivity index (χ2n) is 4.21. The normalized spacial score (nSPS) is 10.1. The van der Waals surface area contributed by atoms with Gasteiger partial charge in [0.15, 0.2) is 0 Å². The highest BCUT2D eigenvalue weighted by atomic mass is 32.1. The van der Waals surface area contributed by atoms with Gasteiger partial charge in [0, 0.05) is 17.6 Å². The Bertz CT molecular complexity index is 690. The molecule has 2 rings (SSSR count). The standard InChI is InChI=1S/C13H13N3O4S/c17-11(18)9-3-1-8(2-4-9)5-14-12(19)15-6-10-7-21-13(20)16-10/h1-4,7H,5-6H2,(H,16,20)(H,17,18)(H2,14,15,19). The molecular formula is C13H13N3O4S. The lowest BCUT2D eigenvalue weighted by atomic mass is 10.1. The molecule has 0 unspecified atom stereocenters. The van der Waals surface area contributed by atoms with E-state index in [9.17, 15) is 14.4 Å². The number of rotatable bonds is 5. The first kappa shape index (κ1) is 14.8. The number of thiazole rings is 1. The van der Waals surface area contributed by atoms with Crippen LogP contribution in [0.25, 0.3) is 0 Å². The Morgan fingerprint density at radius 2 is 1.81 bits per heavy atom. The minimum absolute atomic E-state index is 0.161. The Morgan fingerprint density at radius 1 is 1.14 bits per heavy atom. The van der Waals surface area contributed by atoms with E-state index in [-0.39, 0.29) is 29.6 Å². The summed E-state index contributed by atoms with van der Waals surface area (Å²) < 4.78 is 0. The molecule has 0 atom stereocenters. The van der Waals surface area contributed by atoms with E-state index >= 15 is 0 Å². The molecule has 2 amide bonds. The minimum Gasteiger partial charge on any atom is -0.478 e. The number of urea groups is 1. The summed E-state index contributed by atoms with van der Waals surface area (Å²) in [5, 5.41) is 15.7. The van der Waals surface area contributed by atoms with Crippen LogP contribution in [-0.4, -0.2) is 22.1 Å². The van der Waals surface area contributed by atoms with Gasteiger partial charge in [-0.2, -0.15) is 0 Å². The van der Waals surface area contributed by atoms with Crippen molar-refractivity contribution in [1.29, 1.82) is 0 Å². The molecule has 2 aromatic rings. The summed E-state index contributed by atoms with van der Waals surface area (Å²) in [5.41, 5.74) is 1.63. The molecule has 0 radical (unpaired) electrons. The highest BCUT2D eigenvalue weighted by molar-refractivity contribution is 7.07. The number of carboxylic acid groups (broad SMARTS) is 1. The first-order chi connectivity index (χ1) is 10.0. The third kappa shape index (κ3) is 4.46. The zero-order chi connectivity index (χ0) is 15.2. The van der Waals surface area contributed by atoms with E-state index < -0.39 is 5.97 Å². The number of carboxylic acids is 1. The van der Waals surface area contributed by atoms with Gasteiger partial charge in [-0.25, -0.2) is 9.59 Å². The number of carbonyl (C=O) groups excluding carboxylic acids is 1. The van der Waals surface area contributed by atoms with E-state index in [1.165, 1.54) is 12.1 Å². The Morgan fingerprint density at radius 3 is 2.38 bits per heavy atom. The van der Waals surface area contributed by atoms with E-state index in [0.29, 0.717) is 5.69 Å². The van der Waals surface area contributed by atoms with E-state index in [4.69, 9.17) is 5.11 Å². The fourth-order valence-electron chi connectivity index (χ4n) is 1.59. The fraction of sp³-hybridized carbons (Fsp3) is 0.154. The van der Waals surface area contributed by atoms with Crippen molar-refractivity contribution in [2.75, 3.05) is 0 Å². The molecule has 0 aliphatic rings. The van der Waals surface area contributed by atoms with Crippen molar-refractivity contribution in [1.82, 2.24) is 15.6 Å². The number of hydrogen-bond donors (Lipinski definition) is 4. The molecule has 1 heterocycles. The molecule has 21 heavy (non-hydrogen) atoms. The number of aromatic carboxylic acids is 1. The molecule has 0 bridgehead atoms. The maximum atomic E-state index is 11.6. The summed E-state index contributed by atoms with van der Waals surface area (Å²) in [5.74, 6) is -0.989. The SMILES string of the molecule is O=C(NCc1ccc(C(=O)O)cc1)NCc1csc(=O)[nH]1. The second-order valence-corrected chi connectivity index (χ2v) is 5.05. The van der Waals surface area contributed by atoms with Gasteiger partial charge in [0.2, 0.25) is 0 Å². The number of aromatic amines is 1. The van der Waals surface area contributed by atoms with Crippen molar-refractivity contribution in [3.8, 4) is 0 Å². The highest BCUT2D eigenvalue weighted by Gasteiger charge is 2.04. The van der Waals surface area contributed by atoms with Gasteiger partial charge in [0.1, 0.15) is 0 Å². The molecule has 7 nitrogen and oxygen atoms in total. The van der Waals surface area contributed by atoms with Crippen molar-refractivity contribution < 1.29 is 14.7 Å². The summed E-state index contributed by atoms with van der Waals surface area (Å²) in [6.45, 7) is 0.522. The molecule has 110 valence electrons. The van der Waals surface area contributed by atoms with Crippen LogP contribution in [0, 0.1) is 0 Å². The van der Waals surface area contributed by atoms with Crippen molar-refractivity contribution in [2.24, 2.45) is 0 Å². The van der Waals surface area contributed by atoms with E-state index in [1.54, 1.807) is 17.5 Å². The molecule has 4 N–H and O–H groups in total. The van der Waals surface area contributed by atoms with Crippen LogP contribution >= 0.6 is 11.3 Å². The number of hydrogen-bond acceptors (Lipinski definition) is 4. The van der Waals surface area contributed by atoms with Gasteiger partial charge >= 0.3 is 16.9 Å². The number of aromatic nitrogens is 1. The summed E-state index contributed by atoms with van der Waals surface area (Å²) in [6.07, 6.45) is 0. The predicted molar refractivity (Wildman–Crippen MR) is 77.4 cm³/mol. The van der Waals surface area contributed by atoms with Crippen LogP contribution in [0.2, 0.25) is 0 Å². The number of H-pyrrole nitrogens is 1. The summed E-state index contributed by atoms with van der Waals surface area (Å²) in [6, 6.07) is 5.87. The summed E-state index contributed by atoms with van der Waals surface area (Å²) in [7, 11) is 0. The number of benzene rings is 1. The highest BCUT2D eigenvalue weighted by Crippen LogP contribution is 2.04. The second kappa shape index (κ2) is 6.71. The van der Waals surface area contributed by atoms with Gasteiger partial charge in [0.05, 0.1) is 12.1 Å². The van der Waals surface area contributed by atoms with Crippen LogP contribution in [0.5, 0.6) is 0 Å². The van der Waals surface area contributed by atoms with Gasteiger partial charge in [0.25, 0.3) is 0 Å². The molecule has 0 spiro atoms. The fourth-order valence-corrected chi connectivity index (χ4v) is 2.17. The van der Waals surface area contributed by atoms with E-state index in [1.807, 2.05) is 0 Å². The molecule has 8 heteroatoms. The zero-order valence-corrected chi connectivity index (χ0v) is 11.7. The average molecular weight is 307 g/mol. The van der Waals surface area contributed by atoms with Gasteiger partial charge in [-0.15, -0.1) is 0 Å². The molecule has 1 aromatic carbocycles. The first-order valence-corrected chi connectivity index (χ1v) is 6.93. The third-order valence-electron chi connectivity index (χ3n) is 2.66. The van der Waals surface area contributed by atoms with Gasteiger partial charge < -0.3 is 20.7 Å². The van der Waals surface area contributed by atoms with Crippen molar-refractivity contribution in [3.05, 3.63) is 56.1 Å². The first-order valence-electron chi connectivity index (χ1n) is 6.05. The van der Waals surface area contributed by atoms with E-state index in [2.05, 4.69) is 15.6 Å². The van der Waals surface area contributed by atoms with Crippen molar-refractivity contribution >= 4 is 23.3 Å². The third-order valence-corrected chi connectivity index (χ3v) is 3.38. The quantitative estimate of drug-likeness (QED) is 0.663. The lowest BCUT2D eigenvalue weighted by molar-refractivity contribution is 0.0697. The van der Waals surface area contributed by atoms with Crippen LogP contribution in [0.15, 0.2) is 34.4 Å². The van der Waals surface area contributed by atoms with Crippen LogP contribution in [0.3, 0.4) is 0 Å². The predicted octanol–water partition coefficient (Wildman–Crippen LogP) is 1.13. The minimum atomic E-state index is -0.989. The van der Waals surface area contributed by atoms with Crippen molar-refractivity contribution in [3.63, 3.8) is 0 Å². The van der Waals surface area contributed by atoms with E-state index in [0.717, 1.165) is 16.9 Å². The Balaban J connectivity index is 1.78. The molecule has 1 aromatic heterocycles. The molecule has 0 aliphatic carbocycles. The maximum absolute atomic E-state index is 11.6.